The smallest absolute Gasteiger partial charge is 0.164 e. The predicted octanol–water partition coefficient (Wildman–Crippen LogP) is 35.9. The number of aromatic amines is 3. The summed E-state index contributed by atoms with van der Waals surface area (Å²) in [5.74, 6) is 2.39. The molecular weight excluding hydrogens is 1700 g/mol. The van der Waals surface area contributed by atoms with Crippen LogP contribution >= 0.6 is 0 Å². The van der Waals surface area contributed by atoms with E-state index in [2.05, 4.69) is 413 Å². The summed E-state index contributed by atoms with van der Waals surface area (Å²) in [5, 5.41) is 3.82. The van der Waals surface area contributed by atoms with Gasteiger partial charge >= 0.3 is 0 Å². The maximum Gasteiger partial charge on any atom is 0.164 e. The summed E-state index contributed by atoms with van der Waals surface area (Å²) in [5.41, 5.74) is 35.9. The van der Waals surface area contributed by atoms with E-state index in [4.69, 9.17) is 39.9 Å². The quantitative estimate of drug-likeness (QED) is 0.160. The van der Waals surface area contributed by atoms with E-state index < -0.39 is 0 Å². The molecule has 0 saturated carbocycles. The van der Waals surface area contributed by atoms with Gasteiger partial charge in [-0.1, -0.05) is 459 Å². The summed E-state index contributed by atoms with van der Waals surface area (Å²) in [6.45, 7) is 91.1. The highest BCUT2D eigenvalue weighted by molar-refractivity contribution is 6.34. The number of aliphatic imine (C=N–C) groups is 2. The summed E-state index contributed by atoms with van der Waals surface area (Å²) < 4.78 is 0. The first kappa shape index (κ1) is 105. The van der Waals surface area contributed by atoms with Gasteiger partial charge in [0.2, 0.25) is 0 Å². The molecule has 9 heterocycles. The second kappa shape index (κ2) is 38.7. The number of aromatic nitrogens is 9. The van der Waals surface area contributed by atoms with Crippen LogP contribution in [0.2, 0.25) is 0 Å². The molecule has 0 unspecified atom stereocenters. The highest BCUT2D eigenvalue weighted by Gasteiger charge is 2.35. The van der Waals surface area contributed by atoms with Gasteiger partial charge < -0.3 is 15.0 Å². The number of hydrogen-bond acceptors (Lipinski definition) is 8. The Bertz CT molecular complexity index is 6480. The Hall–Kier alpha value is -12.1. The van der Waals surface area contributed by atoms with E-state index in [0.29, 0.717) is 67.5 Å². The number of benzene rings is 8. The van der Waals surface area contributed by atoms with E-state index >= 15 is 0 Å². The molecule has 4 aromatic heterocycles. The molecule has 140 heavy (non-hydrogen) atoms. The largest absolute Gasteiger partial charge is 0.354 e. The molecule has 18 rings (SSSR count). The third-order valence-corrected chi connectivity index (χ3v) is 24.3. The molecule has 8 aromatic carbocycles. The van der Waals surface area contributed by atoms with E-state index in [1.807, 2.05) is 97.1 Å². The third kappa shape index (κ3) is 25.8. The number of rotatable bonds is 4. The standard InChI is InChI=1S/C77H95N3.C32H18N8.4C5H12/c1-70(2,3)52-34-48(35-53(42-52)71(4,5)6)66-46-25-26-47(33-46)67(49-36-54(72(7,8)9)43-55(37-49)73(10,11)12)61-28-30-63(79-61)69(51-40-58(76(19,20)21)45-59(41-51)77(22,23)24)65-32-31-64(80-65)68(62-29-27-60(66)78-62)50-38-56(74(13,14)15)44-57(39-50)75(16,17)18;1-2-10-18-17(9-1)25-33-26(18)38-28-21-13-5-6-14-22(21)30(35-28)40-32-24-16-8-7-15-23(24)31(36-32)39-29-20-12-4-3-11-19(20)27(34-29)37-25;4*1-5(2,3)4/h25-32,34-45,80H,33H2,1-24H3;1-16H,(H2,33,34,35,36,37,38,39,40);4*1-4H3. The molecular formula is C129H161N11. The first-order chi connectivity index (χ1) is 64.4. The zero-order chi connectivity index (χ0) is 103. The molecule has 0 saturated heterocycles. The average molecular weight is 1870 g/mol. The zero-order valence-corrected chi connectivity index (χ0v) is 92.6. The highest BCUT2D eigenvalue weighted by atomic mass is 15.1. The van der Waals surface area contributed by atoms with Gasteiger partial charge in [0.15, 0.2) is 23.3 Å². The Kier molecular flexibility index (Phi) is 29.1. The highest BCUT2D eigenvalue weighted by Crippen LogP contribution is 2.48. The summed E-state index contributed by atoms with van der Waals surface area (Å²) in [6, 6.07) is 66.1. The van der Waals surface area contributed by atoms with Crippen LogP contribution in [0.5, 0.6) is 0 Å². The topological polar surface area (TPSA) is 149 Å². The van der Waals surface area contributed by atoms with Gasteiger partial charge in [0.1, 0.15) is 22.6 Å². The van der Waals surface area contributed by atoms with Crippen molar-refractivity contribution in [1.29, 1.82) is 0 Å². The van der Waals surface area contributed by atoms with Crippen LogP contribution in [0.15, 0.2) is 251 Å². The molecule has 0 amide bonds. The number of nitrogens with zero attached hydrogens (tertiary/aromatic N) is 8. The molecule has 1 aliphatic carbocycles. The van der Waals surface area contributed by atoms with Gasteiger partial charge in [-0.3, -0.25) is 0 Å². The minimum absolute atomic E-state index is 0.0781. The Labute approximate surface area is 840 Å². The van der Waals surface area contributed by atoms with Gasteiger partial charge in [-0.15, -0.1) is 0 Å². The van der Waals surface area contributed by atoms with Crippen LogP contribution in [0.25, 0.3) is 112 Å². The molecule has 5 aliphatic heterocycles. The maximum atomic E-state index is 5.91. The van der Waals surface area contributed by atoms with E-state index in [0.717, 1.165) is 107 Å². The zero-order valence-electron chi connectivity index (χ0n) is 92.6. The Morgan fingerprint density at radius 2 is 0.407 bits per heavy atom. The Balaban J connectivity index is 0.000000224. The lowest BCUT2D eigenvalue weighted by atomic mass is 9.77. The van der Waals surface area contributed by atoms with Crippen molar-refractivity contribution in [2.45, 2.75) is 327 Å². The second-order valence-corrected chi connectivity index (χ2v) is 53.8. The molecule has 732 valence electrons. The van der Waals surface area contributed by atoms with Crippen molar-refractivity contribution >= 4 is 77.8 Å². The lowest BCUT2D eigenvalue weighted by Gasteiger charge is -2.27. The molecule has 3 N–H and O–H groups in total. The van der Waals surface area contributed by atoms with Crippen LogP contribution in [0.4, 0.5) is 0 Å². The number of H-pyrrole nitrogens is 3. The number of nitrogens with one attached hydrogen (secondary N) is 3. The molecule has 11 nitrogen and oxygen atoms in total. The van der Waals surface area contributed by atoms with Gasteiger partial charge in [-0.25, -0.2) is 39.9 Å². The lowest BCUT2D eigenvalue weighted by Crippen LogP contribution is -2.18. The van der Waals surface area contributed by atoms with E-state index in [-0.39, 0.29) is 43.3 Å². The normalized spacial score (nSPS) is 14.7. The fourth-order valence-electron chi connectivity index (χ4n) is 16.9. The SMILES string of the molecule is CC(C)(C)C.CC(C)(C)C.CC(C)(C)C.CC(C)(C)C.CC(C)(C)c1cc(C2=C3C=CC(=C(c4cc(C(C)(C)C)cc(C(C)(C)C)c4)C4=NC(=C(c5cc(C(C)(C)C)cc(C(C)(C)C)c5)c5ccc([nH]5)C(c5cc(C(C)(C)C)cc(C(C)(C)C)c5)=C5C=CC2=N5)C=C4)C3)cc(C(C)(C)C)c1.c1ccc2c(c1)-c1nc-2nc2[nH]c(nc3nc(nc4[nH]c(n1)c1ccccc41)-c1ccccc1-3)c1ccccc21. The van der Waals surface area contributed by atoms with Crippen molar-refractivity contribution in [1.82, 2.24) is 44.9 Å². The van der Waals surface area contributed by atoms with Crippen molar-refractivity contribution < 1.29 is 0 Å². The predicted molar refractivity (Wildman–Crippen MR) is 606 cm³/mol. The van der Waals surface area contributed by atoms with Gasteiger partial charge in [0, 0.05) is 77.5 Å². The van der Waals surface area contributed by atoms with Crippen molar-refractivity contribution in [3.63, 3.8) is 0 Å². The summed E-state index contributed by atoms with van der Waals surface area (Å²) in [7, 11) is 0. The maximum absolute atomic E-state index is 5.91. The molecule has 0 spiro atoms. The van der Waals surface area contributed by atoms with E-state index in [1.54, 1.807) is 0 Å². The van der Waals surface area contributed by atoms with Gasteiger partial charge in [-0.2, -0.15) is 0 Å². The molecule has 6 aliphatic rings. The monoisotopic (exact) mass is 1860 g/mol. The van der Waals surface area contributed by atoms with Crippen molar-refractivity contribution in [3.05, 3.63) is 319 Å². The Morgan fingerprint density at radius 1 is 0.207 bits per heavy atom. The van der Waals surface area contributed by atoms with Gasteiger partial charge in [-0.05, 0) is 186 Å². The summed E-state index contributed by atoms with van der Waals surface area (Å²) in [4.78, 5) is 52.7. The van der Waals surface area contributed by atoms with Crippen LogP contribution < -0.4 is 0 Å². The van der Waals surface area contributed by atoms with Crippen LogP contribution in [0.1, 0.15) is 362 Å². The molecule has 0 fully saturated rings. The fourth-order valence-corrected chi connectivity index (χ4v) is 16.9. The van der Waals surface area contributed by atoms with E-state index in [9.17, 15) is 0 Å². The Morgan fingerprint density at radius 3 is 0.614 bits per heavy atom. The second-order valence-electron chi connectivity index (χ2n) is 53.8. The average Bonchev–Trinajstić information content (AvgIpc) is 1.59. The minimum Gasteiger partial charge on any atom is -0.354 e. The van der Waals surface area contributed by atoms with Crippen molar-refractivity contribution in [2.75, 3.05) is 0 Å². The van der Waals surface area contributed by atoms with Gasteiger partial charge in [0.25, 0.3) is 0 Å². The van der Waals surface area contributed by atoms with Crippen LogP contribution in [0, 0.1) is 21.7 Å². The number of hydrogen-bond donors (Lipinski definition) is 3. The summed E-state index contributed by atoms with van der Waals surface area (Å²) in [6.07, 6.45) is 14.7. The van der Waals surface area contributed by atoms with Crippen LogP contribution in [-0.2, 0) is 43.3 Å². The van der Waals surface area contributed by atoms with E-state index in [1.165, 1.54) is 77.9 Å². The fraction of sp³-hybridized carbons (Fsp3) is 0.411. The molecule has 11 heteroatoms. The number of allylic oxidation sites excluding steroid dienone is 10. The first-order valence-corrected chi connectivity index (χ1v) is 50.7. The third-order valence-electron chi connectivity index (χ3n) is 24.3. The van der Waals surface area contributed by atoms with Crippen molar-refractivity contribution in [2.24, 2.45) is 31.6 Å². The summed E-state index contributed by atoms with van der Waals surface area (Å²) >= 11 is 0. The minimum atomic E-state index is -0.0903. The lowest BCUT2D eigenvalue weighted by molar-refractivity contribution is 0.469. The van der Waals surface area contributed by atoms with Crippen LogP contribution in [0.3, 0.4) is 0 Å². The van der Waals surface area contributed by atoms with Gasteiger partial charge in [0.05, 0.1) is 22.8 Å². The molecule has 16 bridgehead atoms. The van der Waals surface area contributed by atoms with Crippen LogP contribution in [-0.4, -0.2) is 56.3 Å². The van der Waals surface area contributed by atoms with Crippen molar-refractivity contribution in [3.8, 4) is 45.6 Å². The first-order valence-electron chi connectivity index (χ1n) is 50.7. The molecule has 12 aromatic rings. The molecule has 0 radical (unpaired) electrons. The molecule has 0 atom stereocenters. The number of fused-ring (bicyclic) bond motifs is 26.